The van der Waals surface area contributed by atoms with Crippen molar-refractivity contribution in [3.05, 3.63) is 18.0 Å². The average Bonchev–Trinajstić information content (AvgIpc) is 2.71. The largest absolute Gasteiger partial charge is 0.344 e. The lowest BCUT2D eigenvalue weighted by atomic mass is 9.85. The minimum absolute atomic E-state index is 0.123. The van der Waals surface area contributed by atoms with Crippen LogP contribution in [0.25, 0.3) is 0 Å². The number of rotatable bonds is 5. The smallest absolute Gasteiger partial charge is 0.244 e. The number of amides is 1. The molecule has 100 valence electrons. The maximum Gasteiger partial charge on any atom is 0.244 e. The van der Waals surface area contributed by atoms with Gasteiger partial charge in [-0.15, -0.1) is 0 Å². The van der Waals surface area contributed by atoms with Crippen molar-refractivity contribution in [1.29, 1.82) is 0 Å². The number of aromatic nitrogens is 2. The Kier molecular flexibility index (Phi) is 4.01. The van der Waals surface area contributed by atoms with Crippen molar-refractivity contribution in [2.24, 2.45) is 13.0 Å². The molecule has 0 spiro atoms. The van der Waals surface area contributed by atoms with E-state index in [0.29, 0.717) is 5.92 Å². The molecule has 1 saturated carbocycles. The van der Waals surface area contributed by atoms with Crippen molar-refractivity contribution in [2.45, 2.75) is 25.3 Å². The zero-order valence-electron chi connectivity index (χ0n) is 11.4. The number of hydrogen-bond donors (Lipinski definition) is 1. The molecule has 1 unspecified atom stereocenters. The molecule has 1 heterocycles. The number of carbonyl (C=O) groups is 1. The van der Waals surface area contributed by atoms with Gasteiger partial charge in [0.1, 0.15) is 6.04 Å². The summed E-state index contributed by atoms with van der Waals surface area (Å²) in [5, 5.41) is 7.20. The highest BCUT2D eigenvalue weighted by molar-refractivity contribution is 5.82. The predicted molar refractivity (Wildman–Crippen MR) is 70.0 cm³/mol. The number of hydrogen-bond acceptors (Lipinski definition) is 3. The minimum atomic E-state index is -0.288. The van der Waals surface area contributed by atoms with Crippen LogP contribution in [0.1, 0.15) is 30.9 Å². The highest BCUT2D eigenvalue weighted by Gasteiger charge is 2.27. The lowest BCUT2D eigenvalue weighted by Crippen LogP contribution is -2.40. The summed E-state index contributed by atoms with van der Waals surface area (Å²) < 4.78 is 1.72. The highest BCUT2D eigenvalue weighted by atomic mass is 16.2. The van der Waals surface area contributed by atoms with E-state index in [9.17, 15) is 4.79 Å². The van der Waals surface area contributed by atoms with Gasteiger partial charge < -0.3 is 10.2 Å². The molecule has 2 rings (SSSR count). The first-order valence-corrected chi connectivity index (χ1v) is 6.52. The molecular weight excluding hydrogens is 228 g/mol. The Balaban J connectivity index is 2.00. The maximum atomic E-state index is 12.4. The van der Waals surface area contributed by atoms with Gasteiger partial charge in [0.05, 0.1) is 6.20 Å². The number of nitrogens with one attached hydrogen (secondary N) is 1. The molecule has 18 heavy (non-hydrogen) atoms. The average molecular weight is 250 g/mol. The monoisotopic (exact) mass is 250 g/mol. The zero-order valence-corrected chi connectivity index (χ0v) is 11.4. The van der Waals surface area contributed by atoms with Gasteiger partial charge in [0.25, 0.3) is 0 Å². The second-order valence-corrected chi connectivity index (χ2v) is 5.18. The third-order valence-electron chi connectivity index (χ3n) is 3.73. The van der Waals surface area contributed by atoms with E-state index >= 15 is 0 Å². The summed E-state index contributed by atoms with van der Waals surface area (Å²) in [6.45, 7) is 0.872. The molecule has 5 nitrogen and oxygen atoms in total. The Hall–Kier alpha value is -1.36. The first kappa shape index (κ1) is 13.1. The van der Waals surface area contributed by atoms with Crippen LogP contribution in [0.3, 0.4) is 0 Å². The molecule has 0 bridgehead atoms. The molecular formula is C13H22N4O. The molecule has 1 atom stereocenters. The lowest BCUT2D eigenvalue weighted by Gasteiger charge is -2.31. The number of nitrogens with zero attached hydrogens (tertiary/aromatic N) is 3. The van der Waals surface area contributed by atoms with Crippen molar-refractivity contribution in [3.63, 3.8) is 0 Å². The molecule has 5 heteroatoms. The van der Waals surface area contributed by atoms with Crippen LogP contribution < -0.4 is 5.32 Å². The van der Waals surface area contributed by atoms with E-state index in [4.69, 9.17) is 0 Å². The van der Waals surface area contributed by atoms with Gasteiger partial charge in [-0.05, 0) is 25.8 Å². The van der Waals surface area contributed by atoms with Gasteiger partial charge in [-0.2, -0.15) is 5.10 Å². The summed E-state index contributed by atoms with van der Waals surface area (Å²) in [5.74, 6) is 0.822. The second kappa shape index (κ2) is 5.52. The normalized spacial score (nSPS) is 17.3. The molecule has 0 radical (unpaired) electrons. The minimum Gasteiger partial charge on any atom is -0.344 e. The van der Waals surface area contributed by atoms with E-state index < -0.39 is 0 Å². The molecule has 1 N–H and O–H groups in total. The van der Waals surface area contributed by atoms with E-state index in [-0.39, 0.29) is 11.9 Å². The standard InChI is InChI=1S/C13H22N4O/c1-14-12(11-7-15-17(3)9-11)13(18)16(2)8-10-5-4-6-10/h7,9-10,12,14H,4-6,8H2,1-3H3. The lowest BCUT2D eigenvalue weighted by molar-refractivity contribution is -0.133. The van der Waals surface area contributed by atoms with Crippen LogP contribution in [0, 0.1) is 5.92 Å². The number of likely N-dealkylation sites (N-methyl/N-ethyl adjacent to an activating group) is 2. The van der Waals surface area contributed by atoms with Crippen LogP contribution in [-0.4, -0.2) is 41.2 Å². The fraction of sp³-hybridized carbons (Fsp3) is 0.692. The first-order chi connectivity index (χ1) is 8.61. The Morgan fingerprint density at radius 1 is 1.67 bits per heavy atom. The summed E-state index contributed by atoms with van der Waals surface area (Å²) in [6, 6.07) is -0.288. The van der Waals surface area contributed by atoms with Crippen LogP contribution in [-0.2, 0) is 11.8 Å². The van der Waals surface area contributed by atoms with Gasteiger partial charge >= 0.3 is 0 Å². The predicted octanol–water partition coefficient (Wildman–Crippen LogP) is 0.939. The summed E-state index contributed by atoms with van der Waals surface area (Å²) in [5.41, 5.74) is 0.922. The van der Waals surface area contributed by atoms with Gasteiger partial charge in [0.2, 0.25) is 5.91 Å². The van der Waals surface area contributed by atoms with Crippen LogP contribution in [0.5, 0.6) is 0 Å². The number of carbonyl (C=O) groups excluding carboxylic acids is 1. The Morgan fingerprint density at radius 3 is 2.83 bits per heavy atom. The Bertz CT molecular complexity index is 411. The fourth-order valence-electron chi connectivity index (χ4n) is 2.39. The maximum absolute atomic E-state index is 12.4. The van der Waals surface area contributed by atoms with E-state index in [2.05, 4.69) is 10.4 Å². The van der Waals surface area contributed by atoms with E-state index in [1.54, 1.807) is 10.9 Å². The SMILES string of the molecule is CNC(C(=O)N(C)CC1CCC1)c1cnn(C)c1. The first-order valence-electron chi connectivity index (χ1n) is 6.52. The van der Waals surface area contributed by atoms with Crippen molar-refractivity contribution < 1.29 is 4.79 Å². The molecule has 0 aliphatic heterocycles. The summed E-state index contributed by atoms with van der Waals surface area (Å²) in [4.78, 5) is 14.2. The zero-order chi connectivity index (χ0) is 13.1. The van der Waals surface area contributed by atoms with Crippen molar-refractivity contribution in [3.8, 4) is 0 Å². The van der Waals surface area contributed by atoms with Crippen LogP contribution in [0.15, 0.2) is 12.4 Å². The summed E-state index contributed by atoms with van der Waals surface area (Å²) in [7, 11) is 5.56. The molecule has 1 amide bonds. The van der Waals surface area contributed by atoms with Gasteiger partial charge in [0.15, 0.2) is 0 Å². The summed E-state index contributed by atoms with van der Waals surface area (Å²) in [6.07, 6.45) is 7.46. The number of aryl methyl sites for hydroxylation is 1. The second-order valence-electron chi connectivity index (χ2n) is 5.18. The van der Waals surface area contributed by atoms with Crippen LogP contribution >= 0.6 is 0 Å². The van der Waals surface area contributed by atoms with Crippen molar-refractivity contribution in [1.82, 2.24) is 20.0 Å². The topological polar surface area (TPSA) is 50.2 Å². The van der Waals surface area contributed by atoms with Gasteiger partial charge in [-0.1, -0.05) is 6.42 Å². The summed E-state index contributed by atoms with van der Waals surface area (Å²) >= 11 is 0. The molecule has 0 aromatic carbocycles. The molecule has 1 aliphatic rings. The van der Waals surface area contributed by atoms with Gasteiger partial charge in [0, 0.05) is 32.4 Å². The highest BCUT2D eigenvalue weighted by Crippen LogP contribution is 2.27. The van der Waals surface area contributed by atoms with E-state index in [1.807, 2.05) is 32.2 Å². The van der Waals surface area contributed by atoms with Gasteiger partial charge in [-0.25, -0.2) is 0 Å². The van der Waals surface area contributed by atoms with E-state index in [1.165, 1.54) is 19.3 Å². The van der Waals surface area contributed by atoms with E-state index in [0.717, 1.165) is 12.1 Å². The third-order valence-corrected chi connectivity index (χ3v) is 3.73. The van der Waals surface area contributed by atoms with Gasteiger partial charge in [-0.3, -0.25) is 9.48 Å². The van der Waals surface area contributed by atoms with Crippen molar-refractivity contribution in [2.75, 3.05) is 20.6 Å². The van der Waals surface area contributed by atoms with Crippen LogP contribution in [0.2, 0.25) is 0 Å². The van der Waals surface area contributed by atoms with Crippen molar-refractivity contribution >= 4 is 5.91 Å². The molecule has 1 aromatic heterocycles. The Morgan fingerprint density at radius 2 is 2.39 bits per heavy atom. The third kappa shape index (κ3) is 2.72. The molecule has 0 saturated heterocycles. The quantitative estimate of drug-likeness (QED) is 0.846. The Labute approximate surface area is 108 Å². The van der Waals surface area contributed by atoms with Crippen LogP contribution in [0.4, 0.5) is 0 Å². The molecule has 1 aromatic rings. The fourth-order valence-corrected chi connectivity index (χ4v) is 2.39. The molecule has 1 fully saturated rings. The molecule has 1 aliphatic carbocycles.